The fourth-order valence-corrected chi connectivity index (χ4v) is 3.13. The van der Waals surface area contributed by atoms with Gasteiger partial charge in [0.15, 0.2) is 5.82 Å². The number of aromatic nitrogens is 1. The van der Waals surface area contributed by atoms with Crippen LogP contribution in [-0.4, -0.2) is 53.6 Å². The fourth-order valence-electron chi connectivity index (χ4n) is 3.13. The number of anilines is 1. The van der Waals surface area contributed by atoms with Gasteiger partial charge in [-0.15, -0.1) is 0 Å². The predicted octanol–water partition coefficient (Wildman–Crippen LogP) is 2.36. The van der Waals surface area contributed by atoms with Gasteiger partial charge in [-0.3, -0.25) is 14.6 Å². The Bertz CT molecular complexity index is 733. The van der Waals surface area contributed by atoms with E-state index >= 15 is 0 Å². The molecule has 0 saturated carbocycles. The highest BCUT2D eigenvalue weighted by atomic mass is 16.5. The molecule has 0 spiro atoms. The molecule has 6 nitrogen and oxygen atoms in total. The van der Waals surface area contributed by atoms with Crippen LogP contribution in [0.1, 0.15) is 22.5 Å². The molecule has 1 amide bonds. The summed E-state index contributed by atoms with van der Waals surface area (Å²) in [6, 6.07) is 8.34. The van der Waals surface area contributed by atoms with Crippen molar-refractivity contribution in [2.45, 2.75) is 27.3 Å². The van der Waals surface area contributed by atoms with Gasteiger partial charge in [-0.05, 0) is 31.9 Å². The average molecular weight is 342 g/mol. The van der Waals surface area contributed by atoms with Crippen LogP contribution in [0.5, 0.6) is 0 Å². The third-order valence-corrected chi connectivity index (χ3v) is 4.63. The Morgan fingerprint density at radius 3 is 2.52 bits per heavy atom. The Labute approximate surface area is 148 Å². The second-order valence-electron chi connectivity index (χ2n) is 6.85. The van der Waals surface area contributed by atoms with Crippen LogP contribution in [-0.2, 0) is 11.3 Å². The number of benzene rings is 1. The molecule has 134 valence electrons. The van der Waals surface area contributed by atoms with Crippen molar-refractivity contribution in [2.75, 3.05) is 38.0 Å². The maximum Gasteiger partial charge on any atom is 0.239 e. The third kappa shape index (κ3) is 4.90. The molecule has 1 aliphatic heterocycles. The van der Waals surface area contributed by atoms with Crippen molar-refractivity contribution in [3.05, 3.63) is 46.7 Å². The molecule has 6 heteroatoms. The summed E-state index contributed by atoms with van der Waals surface area (Å²) in [5, 5.41) is 6.57. The summed E-state index contributed by atoms with van der Waals surface area (Å²) in [6.45, 7) is 11.2. The van der Waals surface area contributed by atoms with E-state index in [0.717, 1.165) is 32.7 Å². The van der Waals surface area contributed by atoms with Gasteiger partial charge in [-0.2, -0.15) is 0 Å². The first-order chi connectivity index (χ1) is 12.0. The predicted molar refractivity (Wildman–Crippen MR) is 97.5 cm³/mol. The van der Waals surface area contributed by atoms with Crippen molar-refractivity contribution >= 4 is 11.7 Å². The van der Waals surface area contributed by atoms with Crippen LogP contribution in [0.15, 0.2) is 28.8 Å². The minimum absolute atomic E-state index is 0.0451. The van der Waals surface area contributed by atoms with Crippen molar-refractivity contribution in [2.24, 2.45) is 0 Å². The van der Waals surface area contributed by atoms with Crippen LogP contribution < -0.4 is 5.32 Å². The summed E-state index contributed by atoms with van der Waals surface area (Å²) in [5.41, 5.74) is 4.04. The van der Waals surface area contributed by atoms with E-state index in [9.17, 15) is 4.79 Å². The lowest BCUT2D eigenvalue weighted by molar-refractivity contribution is -0.117. The molecular formula is C19H26N4O2. The van der Waals surface area contributed by atoms with Gasteiger partial charge in [-0.1, -0.05) is 28.9 Å². The summed E-state index contributed by atoms with van der Waals surface area (Å²) < 4.78 is 4.96. The number of hydrogen-bond acceptors (Lipinski definition) is 5. The highest BCUT2D eigenvalue weighted by molar-refractivity contribution is 5.91. The standard InChI is InChI=1S/C19H26N4O2/c1-14-4-5-15(2)17(10-14)12-22-6-8-23(9-7-22)13-19(24)20-18-11-16(3)25-21-18/h4-5,10-11H,6-9,12-13H2,1-3H3,(H,20,21,24). The minimum atomic E-state index is -0.0451. The number of aryl methyl sites for hydroxylation is 3. The molecule has 1 saturated heterocycles. The van der Waals surface area contributed by atoms with Gasteiger partial charge in [0.1, 0.15) is 5.76 Å². The molecular weight excluding hydrogens is 316 g/mol. The van der Waals surface area contributed by atoms with Crippen LogP contribution in [0.4, 0.5) is 5.82 Å². The monoisotopic (exact) mass is 342 g/mol. The van der Waals surface area contributed by atoms with Crippen LogP contribution in [0.25, 0.3) is 0 Å². The van der Waals surface area contributed by atoms with E-state index in [0.29, 0.717) is 18.1 Å². The Balaban J connectivity index is 1.45. The number of piperazine rings is 1. The lowest BCUT2D eigenvalue weighted by Gasteiger charge is -2.34. The topological polar surface area (TPSA) is 61.6 Å². The van der Waals surface area contributed by atoms with Crippen LogP contribution in [0.3, 0.4) is 0 Å². The third-order valence-electron chi connectivity index (χ3n) is 4.63. The first kappa shape index (κ1) is 17.6. The summed E-state index contributed by atoms with van der Waals surface area (Å²) in [5.74, 6) is 1.13. The van der Waals surface area contributed by atoms with Crippen molar-refractivity contribution in [3.8, 4) is 0 Å². The number of carbonyl (C=O) groups excluding carboxylic acids is 1. The molecule has 0 aliphatic carbocycles. The van der Waals surface area contributed by atoms with Crippen molar-refractivity contribution in [1.82, 2.24) is 15.0 Å². The van der Waals surface area contributed by atoms with E-state index < -0.39 is 0 Å². The lowest BCUT2D eigenvalue weighted by atomic mass is 10.0. The molecule has 1 aliphatic rings. The zero-order valence-corrected chi connectivity index (χ0v) is 15.2. The molecule has 0 unspecified atom stereocenters. The molecule has 25 heavy (non-hydrogen) atoms. The summed E-state index contributed by atoms with van der Waals surface area (Å²) in [6.07, 6.45) is 0. The number of nitrogens with zero attached hydrogens (tertiary/aromatic N) is 3. The van der Waals surface area contributed by atoms with Gasteiger partial charge < -0.3 is 9.84 Å². The Morgan fingerprint density at radius 1 is 1.12 bits per heavy atom. The number of rotatable bonds is 5. The first-order valence-electron chi connectivity index (χ1n) is 8.73. The van der Waals surface area contributed by atoms with Gasteiger partial charge in [-0.25, -0.2) is 0 Å². The molecule has 1 N–H and O–H groups in total. The van der Waals surface area contributed by atoms with E-state index in [1.54, 1.807) is 13.0 Å². The van der Waals surface area contributed by atoms with Crippen molar-refractivity contribution in [3.63, 3.8) is 0 Å². The summed E-state index contributed by atoms with van der Waals surface area (Å²) in [4.78, 5) is 16.7. The summed E-state index contributed by atoms with van der Waals surface area (Å²) >= 11 is 0. The molecule has 1 aromatic heterocycles. The Kier molecular flexibility index (Phi) is 5.50. The highest BCUT2D eigenvalue weighted by Crippen LogP contribution is 2.15. The zero-order chi connectivity index (χ0) is 17.8. The molecule has 0 atom stereocenters. The van der Waals surface area contributed by atoms with E-state index in [4.69, 9.17) is 4.52 Å². The van der Waals surface area contributed by atoms with E-state index in [1.807, 2.05) is 0 Å². The van der Waals surface area contributed by atoms with E-state index in [1.165, 1.54) is 16.7 Å². The van der Waals surface area contributed by atoms with E-state index in [2.05, 4.69) is 52.3 Å². The normalized spacial score (nSPS) is 16.1. The molecule has 1 fully saturated rings. The smallest absolute Gasteiger partial charge is 0.239 e. The molecule has 0 radical (unpaired) electrons. The Hall–Kier alpha value is -2.18. The maximum absolute atomic E-state index is 12.1. The molecule has 1 aromatic carbocycles. The molecule has 0 bridgehead atoms. The van der Waals surface area contributed by atoms with Crippen LogP contribution >= 0.6 is 0 Å². The largest absolute Gasteiger partial charge is 0.360 e. The summed E-state index contributed by atoms with van der Waals surface area (Å²) in [7, 11) is 0. The number of carbonyl (C=O) groups is 1. The highest BCUT2D eigenvalue weighted by Gasteiger charge is 2.20. The van der Waals surface area contributed by atoms with Crippen LogP contribution in [0, 0.1) is 20.8 Å². The molecule has 3 rings (SSSR count). The minimum Gasteiger partial charge on any atom is -0.360 e. The quantitative estimate of drug-likeness (QED) is 0.904. The second-order valence-corrected chi connectivity index (χ2v) is 6.85. The number of amides is 1. The zero-order valence-electron chi connectivity index (χ0n) is 15.2. The Morgan fingerprint density at radius 2 is 1.84 bits per heavy atom. The number of hydrogen-bond donors (Lipinski definition) is 1. The maximum atomic E-state index is 12.1. The SMILES string of the molecule is Cc1ccc(C)c(CN2CCN(CC(=O)Nc3cc(C)on3)CC2)c1. The van der Waals surface area contributed by atoms with Crippen molar-refractivity contribution in [1.29, 1.82) is 0 Å². The number of nitrogens with one attached hydrogen (secondary N) is 1. The lowest BCUT2D eigenvalue weighted by Crippen LogP contribution is -2.48. The molecule has 2 aromatic rings. The molecule has 2 heterocycles. The van der Waals surface area contributed by atoms with E-state index in [-0.39, 0.29) is 5.91 Å². The van der Waals surface area contributed by atoms with Gasteiger partial charge in [0.25, 0.3) is 0 Å². The first-order valence-corrected chi connectivity index (χ1v) is 8.73. The van der Waals surface area contributed by atoms with Gasteiger partial charge >= 0.3 is 0 Å². The second kappa shape index (κ2) is 7.80. The van der Waals surface area contributed by atoms with Crippen LogP contribution in [0.2, 0.25) is 0 Å². The van der Waals surface area contributed by atoms with Crippen molar-refractivity contribution < 1.29 is 9.32 Å². The fraction of sp³-hybridized carbons (Fsp3) is 0.474. The average Bonchev–Trinajstić information content (AvgIpc) is 2.97. The van der Waals surface area contributed by atoms with Gasteiger partial charge in [0, 0.05) is 38.8 Å². The van der Waals surface area contributed by atoms with Gasteiger partial charge in [0.05, 0.1) is 6.54 Å². The van der Waals surface area contributed by atoms with Gasteiger partial charge in [0.2, 0.25) is 5.91 Å².